The molecule has 0 aromatic carbocycles. The van der Waals surface area contributed by atoms with E-state index in [-0.39, 0.29) is 0 Å². The van der Waals surface area contributed by atoms with Gasteiger partial charge in [0.25, 0.3) is 0 Å². The lowest BCUT2D eigenvalue weighted by atomic mass is 9.99. The van der Waals surface area contributed by atoms with Crippen LogP contribution in [0.3, 0.4) is 0 Å². The normalized spacial score (nSPS) is 16.6. The van der Waals surface area contributed by atoms with Gasteiger partial charge in [-0.1, -0.05) is 25.7 Å². The van der Waals surface area contributed by atoms with E-state index in [0.29, 0.717) is 18.1 Å². The molecule has 1 aromatic heterocycles. The van der Waals surface area contributed by atoms with E-state index in [9.17, 15) is 4.79 Å². The number of carbonyl (C=O) groups is 1. The molecule has 0 bridgehead atoms. The van der Waals surface area contributed by atoms with Crippen LogP contribution in [0.15, 0.2) is 6.07 Å². The highest BCUT2D eigenvalue weighted by Crippen LogP contribution is 2.28. The summed E-state index contributed by atoms with van der Waals surface area (Å²) < 4.78 is 1.95. The molecule has 2 rings (SSSR count). The summed E-state index contributed by atoms with van der Waals surface area (Å²) >= 11 is 0. The third kappa shape index (κ3) is 3.18. The van der Waals surface area contributed by atoms with Crippen molar-refractivity contribution in [3.63, 3.8) is 0 Å². The molecule has 1 saturated carbocycles. The second kappa shape index (κ2) is 5.48. The molecule has 1 aliphatic rings. The highest BCUT2D eigenvalue weighted by atomic mass is 16.1. The van der Waals surface area contributed by atoms with Crippen molar-refractivity contribution in [2.24, 2.45) is 5.92 Å². The van der Waals surface area contributed by atoms with Crippen molar-refractivity contribution in [2.45, 2.75) is 58.9 Å². The summed E-state index contributed by atoms with van der Waals surface area (Å²) in [5, 5.41) is 4.38. The van der Waals surface area contributed by atoms with Crippen LogP contribution < -0.4 is 0 Å². The molecular weight excluding hydrogens is 212 g/mol. The van der Waals surface area contributed by atoms with Crippen LogP contribution in [0.2, 0.25) is 0 Å². The maximum atomic E-state index is 12.0. The Hall–Kier alpha value is -1.12. The Morgan fingerprint density at radius 2 is 2.18 bits per heavy atom. The van der Waals surface area contributed by atoms with Crippen molar-refractivity contribution < 1.29 is 4.79 Å². The molecule has 1 heterocycles. The fourth-order valence-electron chi connectivity index (χ4n) is 2.83. The summed E-state index contributed by atoms with van der Waals surface area (Å²) in [5.41, 5.74) is 2.09. The molecule has 3 heteroatoms. The summed E-state index contributed by atoms with van der Waals surface area (Å²) in [6, 6.07) is 2.04. The first-order valence-electron chi connectivity index (χ1n) is 6.74. The molecule has 0 aliphatic heterocycles. The molecule has 1 aliphatic carbocycles. The minimum absolute atomic E-state index is 0.381. The number of aromatic nitrogens is 2. The molecule has 0 amide bonds. The highest BCUT2D eigenvalue weighted by molar-refractivity contribution is 5.80. The van der Waals surface area contributed by atoms with E-state index in [2.05, 4.69) is 12.0 Å². The lowest BCUT2D eigenvalue weighted by molar-refractivity contribution is -0.119. The average Bonchev–Trinajstić information content (AvgIpc) is 2.88. The zero-order valence-corrected chi connectivity index (χ0v) is 10.9. The van der Waals surface area contributed by atoms with Gasteiger partial charge < -0.3 is 0 Å². The minimum atomic E-state index is 0.381. The van der Waals surface area contributed by atoms with Crippen molar-refractivity contribution in [3.8, 4) is 0 Å². The largest absolute Gasteiger partial charge is 0.299 e. The van der Waals surface area contributed by atoms with E-state index in [0.717, 1.165) is 24.4 Å². The number of hydrogen-bond acceptors (Lipinski definition) is 2. The molecular formula is C14H22N2O. The fourth-order valence-corrected chi connectivity index (χ4v) is 2.83. The highest BCUT2D eigenvalue weighted by Gasteiger charge is 2.19. The number of carbonyl (C=O) groups excluding carboxylic acids is 1. The van der Waals surface area contributed by atoms with Crippen LogP contribution in [0.1, 0.15) is 50.4 Å². The SMILES string of the molecule is CCn1nc(C)cc1CC(=O)CC1CCCC1. The van der Waals surface area contributed by atoms with E-state index >= 15 is 0 Å². The molecule has 0 radical (unpaired) electrons. The molecule has 1 fully saturated rings. The zero-order chi connectivity index (χ0) is 12.3. The monoisotopic (exact) mass is 234 g/mol. The summed E-state index contributed by atoms with van der Waals surface area (Å²) in [5.74, 6) is 1.04. The Kier molecular flexibility index (Phi) is 3.97. The zero-order valence-electron chi connectivity index (χ0n) is 10.9. The first-order chi connectivity index (χ1) is 8.19. The van der Waals surface area contributed by atoms with E-state index in [1.807, 2.05) is 17.7 Å². The van der Waals surface area contributed by atoms with Gasteiger partial charge in [0, 0.05) is 25.1 Å². The van der Waals surface area contributed by atoms with Gasteiger partial charge in [0.15, 0.2) is 0 Å². The predicted molar refractivity (Wildman–Crippen MR) is 67.9 cm³/mol. The third-order valence-corrected chi connectivity index (χ3v) is 3.65. The van der Waals surface area contributed by atoms with Crippen LogP contribution in [-0.4, -0.2) is 15.6 Å². The first-order valence-corrected chi connectivity index (χ1v) is 6.74. The van der Waals surface area contributed by atoms with E-state index in [1.54, 1.807) is 0 Å². The molecule has 0 unspecified atom stereocenters. The summed E-state index contributed by atoms with van der Waals surface area (Å²) in [7, 11) is 0. The summed E-state index contributed by atoms with van der Waals surface area (Å²) in [6.45, 7) is 4.90. The van der Waals surface area contributed by atoms with Gasteiger partial charge in [-0.2, -0.15) is 5.10 Å². The van der Waals surface area contributed by atoms with Gasteiger partial charge in [0.2, 0.25) is 0 Å². The first kappa shape index (κ1) is 12.3. The molecule has 0 N–H and O–H groups in total. The number of Topliss-reactive ketones (excluding diaryl/α,β-unsaturated/α-hetero) is 1. The fraction of sp³-hybridized carbons (Fsp3) is 0.714. The maximum absolute atomic E-state index is 12.0. The lowest BCUT2D eigenvalue weighted by Gasteiger charge is -2.08. The average molecular weight is 234 g/mol. The van der Waals surface area contributed by atoms with Gasteiger partial charge in [0.1, 0.15) is 5.78 Å². The van der Waals surface area contributed by atoms with Crippen molar-refractivity contribution in [3.05, 3.63) is 17.5 Å². The predicted octanol–water partition coefficient (Wildman–Crippen LogP) is 2.90. The molecule has 0 spiro atoms. The number of nitrogens with zero attached hydrogens (tertiary/aromatic N) is 2. The number of hydrogen-bond donors (Lipinski definition) is 0. The van der Waals surface area contributed by atoms with Crippen LogP contribution in [0, 0.1) is 12.8 Å². The van der Waals surface area contributed by atoms with Gasteiger partial charge in [-0.15, -0.1) is 0 Å². The second-order valence-electron chi connectivity index (χ2n) is 5.16. The van der Waals surface area contributed by atoms with Crippen molar-refractivity contribution in [1.29, 1.82) is 0 Å². The van der Waals surface area contributed by atoms with Crippen LogP contribution in [0.25, 0.3) is 0 Å². The molecule has 0 atom stereocenters. The maximum Gasteiger partial charge on any atom is 0.139 e. The smallest absolute Gasteiger partial charge is 0.139 e. The van der Waals surface area contributed by atoms with Gasteiger partial charge in [-0.05, 0) is 25.8 Å². The standard InChI is InChI=1S/C14H22N2O/c1-3-16-13(8-11(2)15-16)10-14(17)9-12-6-4-5-7-12/h8,12H,3-7,9-10H2,1-2H3. The van der Waals surface area contributed by atoms with Crippen LogP contribution in [-0.2, 0) is 17.8 Å². The topological polar surface area (TPSA) is 34.9 Å². The van der Waals surface area contributed by atoms with Crippen molar-refractivity contribution in [1.82, 2.24) is 9.78 Å². The molecule has 1 aromatic rings. The Morgan fingerprint density at radius 1 is 1.47 bits per heavy atom. The Balaban J connectivity index is 1.92. The Morgan fingerprint density at radius 3 is 2.82 bits per heavy atom. The quantitative estimate of drug-likeness (QED) is 0.785. The molecule has 0 saturated heterocycles. The number of ketones is 1. The Labute approximate surface area is 103 Å². The van der Waals surface area contributed by atoms with E-state index in [1.165, 1.54) is 25.7 Å². The number of rotatable bonds is 5. The molecule has 3 nitrogen and oxygen atoms in total. The lowest BCUT2D eigenvalue weighted by Crippen LogP contribution is -2.12. The van der Waals surface area contributed by atoms with Crippen molar-refractivity contribution in [2.75, 3.05) is 0 Å². The van der Waals surface area contributed by atoms with Crippen molar-refractivity contribution >= 4 is 5.78 Å². The van der Waals surface area contributed by atoms with E-state index < -0.39 is 0 Å². The molecule has 17 heavy (non-hydrogen) atoms. The van der Waals surface area contributed by atoms with Gasteiger partial charge >= 0.3 is 0 Å². The van der Waals surface area contributed by atoms with Crippen LogP contribution >= 0.6 is 0 Å². The van der Waals surface area contributed by atoms with Gasteiger partial charge in [-0.25, -0.2) is 0 Å². The van der Waals surface area contributed by atoms with E-state index in [4.69, 9.17) is 0 Å². The third-order valence-electron chi connectivity index (χ3n) is 3.65. The van der Waals surface area contributed by atoms with Gasteiger partial charge in [0.05, 0.1) is 5.69 Å². The van der Waals surface area contributed by atoms with Gasteiger partial charge in [-0.3, -0.25) is 9.48 Å². The molecule has 94 valence electrons. The van der Waals surface area contributed by atoms with Crippen LogP contribution in [0.4, 0.5) is 0 Å². The summed E-state index contributed by atoms with van der Waals surface area (Å²) in [6.07, 6.45) is 6.45. The van der Waals surface area contributed by atoms with Crippen LogP contribution in [0.5, 0.6) is 0 Å². The summed E-state index contributed by atoms with van der Waals surface area (Å²) in [4.78, 5) is 12.0. The Bertz CT molecular complexity index is 389. The number of aryl methyl sites for hydroxylation is 2. The second-order valence-corrected chi connectivity index (χ2v) is 5.16. The minimum Gasteiger partial charge on any atom is -0.299 e.